The molecule has 106 valence electrons. The second-order valence-electron chi connectivity index (χ2n) is 5.80. The van der Waals surface area contributed by atoms with Gasteiger partial charge in [0.2, 0.25) is 0 Å². The van der Waals surface area contributed by atoms with E-state index in [1.807, 2.05) is 6.92 Å². The number of aliphatic hydroxyl groups excluding tert-OH is 1. The standard InChI is InChI=1S/C16H26N2O/c1-12-10-13(2)17-16(15(12)11-19)18(3)14-8-6-4-5-7-9-14/h10,14,19H,4-9,11H2,1-3H3. The third-order valence-corrected chi connectivity index (χ3v) is 4.32. The third-order valence-electron chi connectivity index (χ3n) is 4.32. The van der Waals surface area contributed by atoms with Crippen LogP contribution in [-0.2, 0) is 6.61 Å². The number of hydrogen-bond acceptors (Lipinski definition) is 3. The van der Waals surface area contributed by atoms with Crippen LogP contribution in [0.2, 0.25) is 0 Å². The summed E-state index contributed by atoms with van der Waals surface area (Å²) in [6.45, 7) is 4.16. The van der Waals surface area contributed by atoms with E-state index >= 15 is 0 Å². The second-order valence-corrected chi connectivity index (χ2v) is 5.80. The maximum absolute atomic E-state index is 9.63. The first-order valence-corrected chi connectivity index (χ1v) is 7.44. The highest BCUT2D eigenvalue weighted by Crippen LogP contribution is 2.28. The van der Waals surface area contributed by atoms with Gasteiger partial charge in [-0.3, -0.25) is 0 Å². The summed E-state index contributed by atoms with van der Waals surface area (Å²) in [6, 6.07) is 2.62. The molecule has 1 saturated carbocycles. The van der Waals surface area contributed by atoms with E-state index in [-0.39, 0.29) is 6.61 Å². The van der Waals surface area contributed by atoms with Gasteiger partial charge in [-0.15, -0.1) is 0 Å². The van der Waals surface area contributed by atoms with Gasteiger partial charge in [0.1, 0.15) is 5.82 Å². The predicted octanol–water partition coefficient (Wildman–Crippen LogP) is 3.35. The topological polar surface area (TPSA) is 36.4 Å². The molecule has 2 rings (SSSR count). The van der Waals surface area contributed by atoms with Gasteiger partial charge in [0.15, 0.2) is 0 Å². The first-order chi connectivity index (χ1) is 9.13. The Labute approximate surface area is 116 Å². The monoisotopic (exact) mass is 262 g/mol. The lowest BCUT2D eigenvalue weighted by Gasteiger charge is -2.30. The normalized spacial score (nSPS) is 17.3. The molecule has 19 heavy (non-hydrogen) atoms. The zero-order valence-electron chi connectivity index (χ0n) is 12.4. The first kappa shape index (κ1) is 14.3. The number of aromatic nitrogens is 1. The van der Waals surface area contributed by atoms with Gasteiger partial charge in [0.25, 0.3) is 0 Å². The Morgan fingerprint density at radius 3 is 2.42 bits per heavy atom. The van der Waals surface area contributed by atoms with Gasteiger partial charge in [0.05, 0.1) is 6.61 Å². The molecule has 0 spiro atoms. The van der Waals surface area contributed by atoms with Crippen molar-refractivity contribution in [3.63, 3.8) is 0 Å². The number of nitrogens with zero attached hydrogens (tertiary/aromatic N) is 2. The number of anilines is 1. The van der Waals surface area contributed by atoms with Crippen molar-refractivity contribution in [1.29, 1.82) is 0 Å². The van der Waals surface area contributed by atoms with Crippen LogP contribution >= 0.6 is 0 Å². The predicted molar refractivity (Wildman–Crippen MR) is 79.5 cm³/mol. The van der Waals surface area contributed by atoms with E-state index < -0.39 is 0 Å². The van der Waals surface area contributed by atoms with Crippen molar-refractivity contribution < 1.29 is 5.11 Å². The highest BCUT2D eigenvalue weighted by molar-refractivity contribution is 5.51. The van der Waals surface area contributed by atoms with Gasteiger partial charge in [-0.2, -0.15) is 0 Å². The molecule has 0 radical (unpaired) electrons. The van der Waals surface area contributed by atoms with Crippen LogP contribution < -0.4 is 4.90 Å². The van der Waals surface area contributed by atoms with Crippen molar-refractivity contribution in [3.8, 4) is 0 Å². The molecule has 1 heterocycles. The van der Waals surface area contributed by atoms with Crippen molar-refractivity contribution in [2.24, 2.45) is 0 Å². The summed E-state index contributed by atoms with van der Waals surface area (Å²) in [7, 11) is 2.14. The third kappa shape index (κ3) is 3.27. The van der Waals surface area contributed by atoms with Crippen LogP contribution in [0.4, 0.5) is 5.82 Å². The molecular formula is C16H26N2O. The van der Waals surface area contributed by atoms with Gasteiger partial charge in [0, 0.05) is 24.3 Å². The zero-order chi connectivity index (χ0) is 13.8. The van der Waals surface area contributed by atoms with E-state index in [9.17, 15) is 5.11 Å². The SMILES string of the molecule is Cc1cc(C)c(CO)c(N(C)C2CCCCCC2)n1. The van der Waals surface area contributed by atoms with Crippen molar-refractivity contribution >= 4 is 5.82 Å². The summed E-state index contributed by atoms with van der Waals surface area (Å²) in [4.78, 5) is 6.98. The summed E-state index contributed by atoms with van der Waals surface area (Å²) in [6.07, 6.45) is 7.84. The number of aryl methyl sites for hydroxylation is 2. The zero-order valence-corrected chi connectivity index (χ0v) is 12.4. The quantitative estimate of drug-likeness (QED) is 0.849. The fraction of sp³-hybridized carbons (Fsp3) is 0.688. The molecule has 1 fully saturated rings. The molecule has 3 heteroatoms. The van der Waals surface area contributed by atoms with Crippen LogP contribution in [0.3, 0.4) is 0 Å². The summed E-state index contributed by atoms with van der Waals surface area (Å²) in [5, 5.41) is 9.63. The van der Waals surface area contributed by atoms with Crippen LogP contribution in [0.15, 0.2) is 6.07 Å². The van der Waals surface area contributed by atoms with Crippen molar-refractivity contribution in [2.75, 3.05) is 11.9 Å². The second kappa shape index (κ2) is 6.38. The summed E-state index contributed by atoms with van der Waals surface area (Å²) in [5.74, 6) is 0.979. The molecular weight excluding hydrogens is 236 g/mol. The van der Waals surface area contributed by atoms with Gasteiger partial charge in [-0.05, 0) is 38.3 Å². The van der Waals surface area contributed by atoms with Gasteiger partial charge in [-0.1, -0.05) is 25.7 Å². The maximum Gasteiger partial charge on any atom is 0.134 e. The minimum absolute atomic E-state index is 0.0749. The van der Waals surface area contributed by atoms with Gasteiger partial charge >= 0.3 is 0 Å². The van der Waals surface area contributed by atoms with Crippen molar-refractivity contribution in [2.45, 2.75) is 65.0 Å². The highest BCUT2D eigenvalue weighted by Gasteiger charge is 2.21. The smallest absolute Gasteiger partial charge is 0.134 e. The molecule has 0 aliphatic heterocycles. The molecule has 0 atom stereocenters. The van der Waals surface area contributed by atoms with Gasteiger partial charge < -0.3 is 10.0 Å². The van der Waals surface area contributed by atoms with E-state index in [0.29, 0.717) is 6.04 Å². The molecule has 1 aromatic heterocycles. The van der Waals surface area contributed by atoms with Gasteiger partial charge in [-0.25, -0.2) is 4.98 Å². The summed E-state index contributed by atoms with van der Waals surface area (Å²) >= 11 is 0. The van der Waals surface area contributed by atoms with E-state index in [4.69, 9.17) is 0 Å². The lowest BCUT2D eigenvalue weighted by Crippen LogP contribution is -2.33. The molecule has 1 aliphatic rings. The Morgan fingerprint density at radius 1 is 1.21 bits per heavy atom. The van der Waals surface area contributed by atoms with E-state index in [1.54, 1.807) is 0 Å². The lowest BCUT2D eigenvalue weighted by atomic mass is 10.0. The molecule has 3 nitrogen and oxygen atoms in total. The van der Waals surface area contributed by atoms with Crippen molar-refractivity contribution in [3.05, 3.63) is 22.9 Å². The maximum atomic E-state index is 9.63. The Balaban J connectivity index is 2.28. The molecule has 1 N–H and O–H groups in total. The van der Waals surface area contributed by atoms with Crippen LogP contribution in [0.5, 0.6) is 0 Å². The fourth-order valence-electron chi connectivity index (χ4n) is 3.15. The Morgan fingerprint density at radius 2 is 1.84 bits per heavy atom. The molecule has 0 unspecified atom stereocenters. The molecule has 1 aromatic rings. The number of hydrogen-bond donors (Lipinski definition) is 1. The minimum Gasteiger partial charge on any atom is -0.392 e. The fourth-order valence-corrected chi connectivity index (χ4v) is 3.15. The van der Waals surface area contributed by atoms with E-state index in [2.05, 4.69) is 29.9 Å². The Kier molecular flexibility index (Phi) is 4.81. The lowest BCUT2D eigenvalue weighted by molar-refractivity contribution is 0.280. The average molecular weight is 262 g/mol. The first-order valence-electron chi connectivity index (χ1n) is 7.44. The molecule has 1 aliphatic carbocycles. The van der Waals surface area contributed by atoms with E-state index in [0.717, 1.165) is 22.6 Å². The van der Waals surface area contributed by atoms with Crippen molar-refractivity contribution in [1.82, 2.24) is 4.98 Å². The van der Waals surface area contributed by atoms with Crippen LogP contribution in [0, 0.1) is 13.8 Å². The largest absolute Gasteiger partial charge is 0.392 e. The summed E-state index contributed by atoms with van der Waals surface area (Å²) < 4.78 is 0. The summed E-state index contributed by atoms with van der Waals surface area (Å²) in [5.41, 5.74) is 3.16. The molecule has 0 amide bonds. The molecule has 0 saturated heterocycles. The minimum atomic E-state index is 0.0749. The number of pyridine rings is 1. The van der Waals surface area contributed by atoms with Crippen LogP contribution in [0.1, 0.15) is 55.3 Å². The Bertz CT molecular complexity index is 423. The van der Waals surface area contributed by atoms with Crippen LogP contribution in [0.25, 0.3) is 0 Å². The number of aliphatic hydroxyl groups is 1. The average Bonchev–Trinajstić information content (AvgIpc) is 2.66. The van der Waals surface area contributed by atoms with Crippen LogP contribution in [-0.4, -0.2) is 23.2 Å². The molecule has 0 bridgehead atoms. The Hall–Kier alpha value is -1.09. The highest BCUT2D eigenvalue weighted by atomic mass is 16.3. The molecule has 0 aromatic carbocycles. The number of rotatable bonds is 3. The van der Waals surface area contributed by atoms with E-state index in [1.165, 1.54) is 38.5 Å².